The Hall–Kier alpha value is -2.64. The molecule has 3 N–H and O–H groups in total. The summed E-state index contributed by atoms with van der Waals surface area (Å²) < 4.78 is 1.41. The molecule has 0 aliphatic rings. The third-order valence-corrected chi connectivity index (χ3v) is 2.56. The van der Waals surface area contributed by atoms with Gasteiger partial charge in [-0.2, -0.15) is 5.10 Å². The molecule has 8 heteroatoms. The van der Waals surface area contributed by atoms with Crippen LogP contribution in [0.15, 0.2) is 23.3 Å². The molecule has 3 rings (SSSR count). The highest BCUT2D eigenvalue weighted by molar-refractivity contribution is 5.49. The van der Waals surface area contributed by atoms with E-state index >= 15 is 0 Å². The molecule has 0 fully saturated rings. The zero-order valence-corrected chi connectivity index (χ0v) is 9.64. The number of anilines is 1. The number of nitrogens with zero attached hydrogens (tertiary/aromatic N) is 4. The smallest absolute Gasteiger partial charge is 0.349 e. The average Bonchev–Trinajstić information content (AvgIpc) is 2.97. The normalized spacial score (nSPS) is 10.9. The number of rotatable bonds is 3. The Morgan fingerprint density at radius 2 is 2.39 bits per heavy atom. The lowest BCUT2D eigenvalue weighted by Crippen LogP contribution is -2.14. The summed E-state index contributed by atoms with van der Waals surface area (Å²) in [5, 5.41) is 9.41. The van der Waals surface area contributed by atoms with Crippen LogP contribution in [0.2, 0.25) is 0 Å². The molecule has 0 aromatic carbocycles. The average molecular weight is 245 g/mol. The van der Waals surface area contributed by atoms with Crippen LogP contribution in [0.5, 0.6) is 0 Å². The number of H-pyrrole nitrogens is 2. The molecule has 0 unspecified atom stereocenters. The predicted molar refractivity (Wildman–Crippen MR) is 64.3 cm³/mol. The SMILES string of the molecule is Cc1nc(NCc2ncc[nH]2)cc2n[nH]c(=O)n12. The topological polar surface area (TPSA) is 104 Å². The number of aromatic amines is 2. The van der Waals surface area contributed by atoms with Crippen molar-refractivity contribution in [2.75, 3.05) is 5.32 Å². The zero-order valence-electron chi connectivity index (χ0n) is 9.64. The second-order valence-corrected chi connectivity index (χ2v) is 3.80. The van der Waals surface area contributed by atoms with Crippen molar-refractivity contribution in [1.82, 2.24) is 29.5 Å². The number of imidazole rings is 1. The van der Waals surface area contributed by atoms with Crippen LogP contribution in [0, 0.1) is 6.92 Å². The number of hydrogen-bond donors (Lipinski definition) is 3. The minimum atomic E-state index is -0.285. The van der Waals surface area contributed by atoms with Gasteiger partial charge in [0.15, 0.2) is 5.65 Å². The molecule has 0 atom stereocenters. The van der Waals surface area contributed by atoms with Crippen LogP contribution in [-0.2, 0) is 6.54 Å². The third-order valence-electron chi connectivity index (χ3n) is 2.56. The lowest BCUT2D eigenvalue weighted by Gasteiger charge is -2.05. The summed E-state index contributed by atoms with van der Waals surface area (Å²) in [5.74, 6) is 2.04. The monoisotopic (exact) mass is 245 g/mol. The number of fused-ring (bicyclic) bond motifs is 1. The Labute approximate surface area is 101 Å². The van der Waals surface area contributed by atoms with Crippen molar-refractivity contribution in [3.63, 3.8) is 0 Å². The summed E-state index contributed by atoms with van der Waals surface area (Å²) in [6, 6.07) is 1.70. The minimum Gasteiger partial charge on any atom is -0.363 e. The summed E-state index contributed by atoms with van der Waals surface area (Å²) in [6.45, 7) is 2.28. The largest absolute Gasteiger partial charge is 0.363 e. The first-order valence-corrected chi connectivity index (χ1v) is 5.41. The van der Waals surface area contributed by atoms with E-state index in [1.165, 1.54) is 4.40 Å². The van der Waals surface area contributed by atoms with Crippen LogP contribution in [0.3, 0.4) is 0 Å². The van der Waals surface area contributed by atoms with Gasteiger partial charge >= 0.3 is 5.69 Å². The van der Waals surface area contributed by atoms with Gasteiger partial charge < -0.3 is 10.3 Å². The van der Waals surface area contributed by atoms with Gasteiger partial charge in [-0.3, -0.25) is 0 Å². The maximum Gasteiger partial charge on any atom is 0.349 e. The van der Waals surface area contributed by atoms with Gasteiger partial charge in [0.25, 0.3) is 0 Å². The quantitative estimate of drug-likeness (QED) is 0.605. The molecule has 18 heavy (non-hydrogen) atoms. The highest BCUT2D eigenvalue weighted by atomic mass is 16.1. The molecular weight excluding hydrogens is 234 g/mol. The molecule has 3 aromatic heterocycles. The molecule has 0 saturated carbocycles. The van der Waals surface area contributed by atoms with Gasteiger partial charge in [0.2, 0.25) is 0 Å². The minimum absolute atomic E-state index is 0.285. The molecule has 0 aliphatic heterocycles. The van der Waals surface area contributed by atoms with Crippen molar-refractivity contribution in [3.8, 4) is 0 Å². The zero-order chi connectivity index (χ0) is 12.5. The Kier molecular flexibility index (Phi) is 2.33. The molecule has 0 aliphatic carbocycles. The standard InChI is InChI=1S/C10H11N7O/c1-6-14-7(13-5-8-11-2-3-12-8)4-9-15-16-10(18)17(6)9/h2-4,13H,5H2,1H3,(H,11,12)(H,16,18). The molecule has 3 aromatic rings. The van der Waals surface area contributed by atoms with Gasteiger partial charge in [0.1, 0.15) is 17.5 Å². The molecule has 3 heterocycles. The number of hydrogen-bond acceptors (Lipinski definition) is 5. The lowest BCUT2D eigenvalue weighted by atomic mass is 10.5. The lowest BCUT2D eigenvalue weighted by molar-refractivity contribution is 0.922. The van der Waals surface area contributed by atoms with Crippen LogP contribution in [0.1, 0.15) is 11.6 Å². The van der Waals surface area contributed by atoms with E-state index in [1.807, 2.05) is 0 Å². The first-order valence-electron chi connectivity index (χ1n) is 5.41. The summed E-state index contributed by atoms with van der Waals surface area (Å²) in [7, 11) is 0. The van der Waals surface area contributed by atoms with Crippen LogP contribution in [0.4, 0.5) is 5.82 Å². The summed E-state index contributed by atoms with van der Waals surface area (Å²) in [6.07, 6.45) is 3.44. The first-order chi connectivity index (χ1) is 8.74. The highest BCUT2D eigenvalue weighted by Crippen LogP contribution is 2.08. The molecule has 92 valence electrons. The Morgan fingerprint density at radius 3 is 3.17 bits per heavy atom. The van der Waals surface area contributed by atoms with E-state index in [2.05, 4.69) is 30.5 Å². The van der Waals surface area contributed by atoms with Crippen molar-refractivity contribution in [3.05, 3.63) is 40.6 Å². The maximum atomic E-state index is 11.4. The fourth-order valence-corrected chi connectivity index (χ4v) is 1.76. The Morgan fingerprint density at radius 1 is 1.50 bits per heavy atom. The van der Waals surface area contributed by atoms with E-state index in [4.69, 9.17) is 0 Å². The van der Waals surface area contributed by atoms with Gasteiger partial charge in [0, 0.05) is 18.5 Å². The fourth-order valence-electron chi connectivity index (χ4n) is 1.76. The van der Waals surface area contributed by atoms with E-state index in [-0.39, 0.29) is 5.69 Å². The molecule has 0 spiro atoms. The van der Waals surface area contributed by atoms with E-state index in [0.29, 0.717) is 23.8 Å². The number of aryl methyl sites for hydroxylation is 1. The van der Waals surface area contributed by atoms with Crippen LogP contribution in [-0.4, -0.2) is 29.5 Å². The maximum absolute atomic E-state index is 11.4. The fraction of sp³-hybridized carbons (Fsp3) is 0.200. The van der Waals surface area contributed by atoms with E-state index in [0.717, 1.165) is 5.82 Å². The molecular formula is C10H11N7O. The van der Waals surface area contributed by atoms with Gasteiger partial charge in [-0.05, 0) is 6.92 Å². The Balaban J connectivity index is 1.91. The van der Waals surface area contributed by atoms with Crippen molar-refractivity contribution in [2.45, 2.75) is 13.5 Å². The summed E-state index contributed by atoms with van der Waals surface area (Å²) in [4.78, 5) is 22.8. The van der Waals surface area contributed by atoms with Crippen LogP contribution < -0.4 is 11.0 Å². The molecule has 0 radical (unpaired) electrons. The second kappa shape index (κ2) is 3.99. The molecule has 8 nitrogen and oxygen atoms in total. The van der Waals surface area contributed by atoms with Crippen molar-refractivity contribution in [1.29, 1.82) is 0 Å². The molecule has 0 bridgehead atoms. The van der Waals surface area contributed by atoms with Gasteiger partial charge in [-0.25, -0.2) is 24.3 Å². The van der Waals surface area contributed by atoms with E-state index in [1.54, 1.807) is 25.4 Å². The van der Waals surface area contributed by atoms with Gasteiger partial charge in [-0.1, -0.05) is 0 Å². The Bertz CT molecular complexity index is 724. The van der Waals surface area contributed by atoms with Crippen LogP contribution in [0.25, 0.3) is 5.65 Å². The summed E-state index contributed by atoms with van der Waals surface area (Å²) in [5.41, 5.74) is 0.252. The second-order valence-electron chi connectivity index (χ2n) is 3.80. The highest BCUT2D eigenvalue weighted by Gasteiger charge is 2.06. The predicted octanol–water partition coefficient (Wildman–Crippen LogP) is 0.0612. The van der Waals surface area contributed by atoms with Gasteiger partial charge in [-0.15, -0.1) is 0 Å². The summed E-state index contributed by atoms with van der Waals surface area (Å²) >= 11 is 0. The van der Waals surface area contributed by atoms with Crippen molar-refractivity contribution in [2.24, 2.45) is 0 Å². The van der Waals surface area contributed by atoms with Crippen molar-refractivity contribution < 1.29 is 0 Å². The molecule has 0 amide bonds. The number of aromatic nitrogens is 6. The van der Waals surface area contributed by atoms with Crippen LogP contribution >= 0.6 is 0 Å². The first kappa shape index (κ1) is 10.5. The third kappa shape index (κ3) is 1.73. The number of nitrogens with one attached hydrogen (secondary N) is 3. The van der Waals surface area contributed by atoms with Gasteiger partial charge in [0.05, 0.1) is 6.54 Å². The molecule has 0 saturated heterocycles. The van der Waals surface area contributed by atoms with E-state index in [9.17, 15) is 4.79 Å². The van der Waals surface area contributed by atoms with Crippen molar-refractivity contribution >= 4 is 11.5 Å². The van der Waals surface area contributed by atoms with E-state index < -0.39 is 0 Å².